The van der Waals surface area contributed by atoms with Crippen LogP contribution in [0, 0.1) is 11.3 Å². The topological polar surface area (TPSA) is 61.6 Å². The van der Waals surface area contributed by atoms with E-state index in [9.17, 15) is 0 Å². The molecule has 0 spiro atoms. The summed E-state index contributed by atoms with van der Waals surface area (Å²) in [5.41, 5.74) is 2.78. The zero-order valence-corrected chi connectivity index (χ0v) is 12.2. The normalized spacial score (nSPS) is 10.9. The Morgan fingerprint density at radius 2 is 1.80 bits per heavy atom. The maximum Gasteiger partial charge on any atom is 0.161 e. The van der Waals surface area contributed by atoms with Gasteiger partial charge >= 0.3 is 0 Å². The zero-order chi connectivity index (χ0) is 14.8. The maximum atomic E-state index is 8.97. The molecule has 20 heavy (non-hydrogen) atoms. The minimum atomic E-state index is 0.125. The van der Waals surface area contributed by atoms with Crippen molar-refractivity contribution in [3.05, 3.63) is 41.6 Å². The van der Waals surface area contributed by atoms with Gasteiger partial charge in [-0.3, -0.25) is 0 Å². The van der Waals surface area contributed by atoms with Crippen molar-refractivity contribution < 1.29 is 0 Å². The minimum Gasteiger partial charge on any atom is -0.372 e. The van der Waals surface area contributed by atoms with Gasteiger partial charge in [-0.15, -0.1) is 0 Å². The zero-order valence-electron chi connectivity index (χ0n) is 12.2. The number of nitriles is 1. The van der Waals surface area contributed by atoms with Crippen molar-refractivity contribution >= 4 is 5.82 Å². The molecule has 0 fully saturated rings. The highest BCUT2D eigenvalue weighted by Gasteiger charge is 2.14. The second-order valence-corrected chi connectivity index (χ2v) is 5.65. The Balaban J connectivity index is 2.40. The van der Waals surface area contributed by atoms with Gasteiger partial charge in [0.1, 0.15) is 17.5 Å². The summed E-state index contributed by atoms with van der Waals surface area (Å²) in [6.07, 6.45) is 1.55. The van der Waals surface area contributed by atoms with Crippen LogP contribution in [0.15, 0.2) is 30.5 Å². The molecular formula is C16H18N4. The van der Waals surface area contributed by atoms with Gasteiger partial charge in [0, 0.05) is 12.6 Å². The summed E-state index contributed by atoms with van der Waals surface area (Å²) in [4.78, 5) is 8.63. The van der Waals surface area contributed by atoms with Crippen molar-refractivity contribution in [3.8, 4) is 17.5 Å². The van der Waals surface area contributed by atoms with Crippen LogP contribution in [0.3, 0.4) is 0 Å². The largest absolute Gasteiger partial charge is 0.372 e. The van der Waals surface area contributed by atoms with E-state index in [1.54, 1.807) is 13.2 Å². The molecule has 102 valence electrons. The molecule has 1 aromatic heterocycles. The van der Waals surface area contributed by atoms with E-state index < -0.39 is 0 Å². The Hall–Kier alpha value is -2.41. The number of hydrogen-bond donors (Lipinski definition) is 1. The molecule has 1 N–H and O–H groups in total. The molecule has 0 saturated carbocycles. The Morgan fingerprint density at radius 3 is 2.30 bits per heavy atom. The van der Waals surface area contributed by atoms with Gasteiger partial charge in [-0.2, -0.15) is 5.26 Å². The molecule has 2 rings (SSSR count). The van der Waals surface area contributed by atoms with Crippen LogP contribution < -0.4 is 5.32 Å². The monoisotopic (exact) mass is 266 g/mol. The van der Waals surface area contributed by atoms with Gasteiger partial charge in [-0.25, -0.2) is 9.97 Å². The van der Waals surface area contributed by atoms with Crippen LogP contribution >= 0.6 is 0 Å². The summed E-state index contributed by atoms with van der Waals surface area (Å²) in [5, 5.41) is 11.9. The standard InChI is InChI=1S/C16H18N4/c1-16(2,3)13-7-5-11(6-8-13)15-19-10-12(9-17)14(18-4)20-15/h5-8,10H,1-4H3,(H,18,19,20). The van der Waals surface area contributed by atoms with Gasteiger partial charge < -0.3 is 5.32 Å². The van der Waals surface area contributed by atoms with E-state index in [-0.39, 0.29) is 5.41 Å². The molecule has 0 aliphatic rings. The van der Waals surface area contributed by atoms with Crippen LogP contribution in [0.4, 0.5) is 5.82 Å². The molecule has 0 unspecified atom stereocenters. The molecule has 0 aliphatic heterocycles. The number of aromatic nitrogens is 2. The van der Waals surface area contributed by atoms with Gasteiger partial charge in [0.05, 0.1) is 6.20 Å². The third-order valence-electron chi connectivity index (χ3n) is 3.16. The van der Waals surface area contributed by atoms with E-state index in [2.05, 4.69) is 54.3 Å². The van der Waals surface area contributed by atoms with Crippen molar-refractivity contribution in [2.24, 2.45) is 0 Å². The minimum absolute atomic E-state index is 0.125. The number of rotatable bonds is 2. The maximum absolute atomic E-state index is 8.97. The second-order valence-electron chi connectivity index (χ2n) is 5.65. The molecule has 2 aromatic rings. The third kappa shape index (κ3) is 2.77. The smallest absolute Gasteiger partial charge is 0.161 e. The van der Waals surface area contributed by atoms with Gasteiger partial charge in [0.25, 0.3) is 0 Å². The Labute approximate surface area is 119 Å². The fraction of sp³-hybridized carbons (Fsp3) is 0.312. The van der Waals surface area contributed by atoms with E-state index in [0.29, 0.717) is 17.2 Å². The lowest BCUT2D eigenvalue weighted by Crippen LogP contribution is -2.10. The molecule has 0 amide bonds. The highest BCUT2D eigenvalue weighted by Crippen LogP contribution is 2.25. The molecular weight excluding hydrogens is 248 g/mol. The van der Waals surface area contributed by atoms with Gasteiger partial charge in [0.15, 0.2) is 5.82 Å². The predicted molar refractivity (Wildman–Crippen MR) is 80.4 cm³/mol. The van der Waals surface area contributed by atoms with Crippen LogP contribution in [0.5, 0.6) is 0 Å². The quantitative estimate of drug-likeness (QED) is 0.905. The molecule has 1 aromatic carbocycles. The molecule has 1 heterocycles. The van der Waals surface area contributed by atoms with Crippen LogP contribution in [0.2, 0.25) is 0 Å². The van der Waals surface area contributed by atoms with Crippen LogP contribution in [-0.4, -0.2) is 17.0 Å². The van der Waals surface area contributed by atoms with Crippen molar-refractivity contribution in [3.63, 3.8) is 0 Å². The second kappa shape index (κ2) is 5.30. The Kier molecular flexibility index (Phi) is 3.71. The molecule has 0 atom stereocenters. The molecule has 4 heteroatoms. The van der Waals surface area contributed by atoms with Gasteiger partial charge in [-0.1, -0.05) is 45.0 Å². The fourth-order valence-corrected chi connectivity index (χ4v) is 1.91. The number of benzene rings is 1. The average Bonchev–Trinajstić information content (AvgIpc) is 2.45. The van der Waals surface area contributed by atoms with Gasteiger partial charge in [0.2, 0.25) is 0 Å². The van der Waals surface area contributed by atoms with Gasteiger partial charge in [-0.05, 0) is 11.0 Å². The third-order valence-corrected chi connectivity index (χ3v) is 3.16. The first-order valence-electron chi connectivity index (χ1n) is 6.51. The summed E-state index contributed by atoms with van der Waals surface area (Å²) in [6.45, 7) is 6.54. The van der Waals surface area contributed by atoms with E-state index in [1.807, 2.05) is 12.1 Å². The van der Waals surface area contributed by atoms with Crippen molar-refractivity contribution in [1.29, 1.82) is 5.26 Å². The molecule has 4 nitrogen and oxygen atoms in total. The SMILES string of the molecule is CNc1nc(-c2ccc(C(C)(C)C)cc2)ncc1C#N. The summed E-state index contributed by atoms with van der Waals surface area (Å²) in [5.74, 6) is 1.17. The van der Waals surface area contributed by atoms with E-state index in [1.165, 1.54) is 5.56 Å². The van der Waals surface area contributed by atoms with Crippen LogP contribution in [0.1, 0.15) is 31.9 Å². The highest BCUT2D eigenvalue weighted by molar-refractivity contribution is 5.60. The lowest BCUT2D eigenvalue weighted by Gasteiger charge is -2.19. The lowest BCUT2D eigenvalue weighted by atomic mass is 9.87. The average molecular weight is 266 g/mol. The fourth-order valence-electron chi connectivity index (χ4n) is 1.91. The first kappa shape index (κ1) is 14.0. The molecule has 0 aliphatic carbocycles. The molecule has 0 radical (unpaired) electrons. The highest BCUT2D eigenvalue weighted by atomic mass is 15.0. The summed E-state index contributed by atoms with van der Waals surface area (Å²) >= 11 is 0. The summed E-state index contributed by atoms with van der Waals surface area (Å²) in [6, 6.07) is 10.3. The number of nitrogens with zero attached hydrogens (tertiary/aromatic N) is 3. The first-order valence-corrected chi connectivity index (χ1v) is 6.51. The predicted octanol–water partition coefficient (Wildman–Crippen LogP) is 3.35. The van der Waals surface area contributed by atoms with Crippen molar-refractivity contribution in [2.45, 2.75) is 26.2 Å². The number of hydrogen-bond acceptors (Lipinski definition) is 4. The van der Waals surface area contributed by atoms with Crippen LogP contribution in [0.25, 0.3) is 11.4 Å². The Morgan fingerprint density at radius 1 is 1.15 bits per heavy atom. The summed E-state index contributed by atoms with van der Waals surface area (Å²) < 4.78 is 0. The summed E-state index contributed by atoms with van der Waals surface area (Å²) in [7, 11) is 1.75. The Bertz CT molecular complexity index is 646. The first-order chi connectivity index (χ1) is 9.45. The number of anilines is 1. The molecule has 0 saturated heterocycles. The van der Waals surface area contributed by atoms with Crippen LogP contribution in [-0.2, 0) is 5.41 Å². The van der Waals surface area contributed by atoms with Crippen molar-refractivity contribution in [2.75, 3.05) is 12.4 Å². The number of nitrogens with one attached hydrogen (secondary N) is 1. The van der Waals surface area contributed by atoms with E-state index in [4.69, 9.17) is 5.26 Å². The van der Waals surface area contributed by atoms with E-state index >= 15 is 0 Å². The van der Waals surface area contributed by atoms with E-state index in [0.717, 1.165) is 5.56 Å². The lowest BCUT2D eigenvalue weighted by molar-refractivity contribution is 0.590. The van der Waals surface area contributed by atoms with Crippen molar-refractivity contribution in [1.82, 2.24) is 9.97 Å². The molecule has 0 bridgehead atoms.